The van der Waals surface area contributed by atoms with Gasteiger partial charge in [-0.3, -0.25) is 14.5 Å². The van der Waals surface area contributed by atoms with E-state index >= 15 is 0 Å². The third kappa shape index (κ3) is 4.72. The number of aliphatic hydroxyl groups excluding tert-OH is 1. The Kier molecular flexibility index (Phi) is 6.79. The standard InChI is InChI=1S/C26H27N3O4S/c1-15(2)12-13-33-20-7-5-6-19(14-20)22-21(23(30)18-10-8-16(3)9-11-18)24(31)25(32)29(22)26-28-27-17(4)34-26/h5-11,14-15,22,30H,12-13H2,1-4H3. The number of carbonyl (C=O) groups is 2. The maximum atomic E-state index is 13.2. The number of Topliss-reactive ketones (excluding diaryl/α,β-unsaturated/α-hetero) is 1. The fourth-order valence-electron chi connectivity index (χ4n) is 3.78. The second-order valence-electron chi connectivity index (χ2n) is 8.74. The summed E-state index contributed by atoms with van der Waals surface area (Å²) in [5.41, 5.74) is 2.14. The quantitative estimate of drug-likeness (QED) is 0.285. The minimum absolute atomic E-state index is 0.0148. The first kappa shape index (κ1) is 23.6. The van der Waals surface area contributed by atoms with Gasteiger partial charge in [0, 0.05) is 5.56 Å². The molecule has 4 rings (SSSR count). The minimum Gasteiger partial charge on any atom is -0.507 e. The molecule has 1 aromatic heterocycles. The van der Waals surface area contributed by atoms with Crippen molar-refractivity contribution in [3.05, 3.63) is 75.8 Å². The number of aliphatic hydroxyl groups is 1. The van der Waals surface area contributed by atoms with Gasteiger partial charge in [0.2, 0.25) is 5.13 Å². The highest BCUT2D eigenvalue weighted by molar-refractivity contribution is 7.15. The van der Waals surface area contributed by atoms with Crippen LogP contribution in [0.1, 0.15) is 48.0 Å². The van der Waals surface area contributed by atoms with E-state index in [9.17, 15) is 14.7 Å². The van der Waals surface area contributed by atoms with Gasteiger partial charge in [-0.05, 0) is 43.9 Å². The van der Waals surface area contributed by atoms with Gasteiger partial charge >= 0.3 is 5.91 Å². The minimum atomic E-state index is -0.859. The molecule has 1 atom stereocenters. The summed E-state index contributed by atoms with van der Waals surface area (Å²) in [6.45, 7) is 8.53. The molecule has 2 heterocycles. The van der Waals surface area contributed by atoms with Crippen molar-refractivity contribution in [2.24, 2.45) is 5.92 Å². The van der Waals surface area contributed by atoms with E-state index in [1.165, 1.54) is 16.2 Å². The Balaban J connectivity index is 1.83. The Morgan fingerprint density at radius 3 is 2.50 bits per heavy atom. The predicted octanol–water partition coefficient (Wildman–Crippen LogP) is 5.21. The highest BCUT2D eigenvalue weighted by Crippen LogP contribution is 2.43. The van der Waals surface area contributed by atoms with E-state index in [1.54, 1.807) is 25.1 Å². The Hall–Kier alpha value is -3.52. The van der Waals surface area contributed by atoms with Crippen molar-refractivity contribution in [3.8, 4) is 5.75 Å². The van der Waals surface area contributed by atoms with E-state index in [-0.39, 0.29) is 11.3 Å². The number of amides is 1. The smallest absolute Gasteiger partial charge is 0.301 e. The number of rotatable bonds is 7. The molecule has 0 radical (unpaired) electrons. The summed E-state index contributed by atoms with van der Waals surface area (Å²) >= 11 is 1.22. The molecule has 0 bridgehead atoms. The van der Waals surface area contributed by atoms with Crippen LogP contribution in [0.25, 0.3) is 5.76 Å². The molecule has 1 aliphatic rings. The van der Waals surface area contributed by atoms with Crippen LogP contribution in [0.2, 0.25) is 0 Å². The average molecular weight is 478 g/mol. The van der Waals surface area contributed by atoms with Gasteiger partial charge in [0.1, 0.15) is 16.5 Å². The highest BCUT2D eigenvalue weighted by atomic mass is 32.1. The van der Waals surface area contributed by atoms with Gasteiger partial charge < -0.3 is 9.84 Å². The average Bonchev–Trinajstić information content (AvgIpc) is 3.34. The van der Waals surface area contributed by atoms with E-state index in [1.807, 2.05) is 37.3 Å². The lowest BCUT2D eigenvalue weighted by atomic mass is 9.95. The lowest BCUT2D eigenvalue weighted by Crippen LogP contribution is -2.29. The number of aryl methyl sites for hydroxylation is 2. The fourth-order valence-corrected chi connectivity index (χ4v) is 4.50. The topological polar surface area (TPSA) is 92.6 Å². The highest BCUT2D eigenvalue weighted by Gasteiger charge is 2.48. The fraction of sp³-hybridized carbons (Fsp3) is 0.308. The van der Waals surface area contributed by atoms with Gasteiger partial charge in [0.15, 0.2) is 0 Å². The van der Waals surface area contributed by atoms with E-state index in [0.29, 0.717) is 39.5 Å². The molecule has 176 valence electrons. The second-order valence-corrected chi connectivity index (χ2v) is 9.90. The van der Waals surface area contributed by atoms with Crippen molar-refractivity contribution in [2.45, 2.75) is 40.2 Å². The zero-order valence-electron chi connectivity index (χ0n) is 19.6. The molecule has 1 aliphatic heterocycles. The van der Waals surface area contributed by atoms with Gasteiger partial charge in [-0.2, -0.15) is 0 Å². The van der Waals surface area contributed by atoms with Crippen molar-refractivity contribution in [1.82, 2.24) is 10.2 Å². The molecule has 3 aromatic rings. The van der Waals surface area contributed by atoms with Crippen LogP contribution in [0.15, 0.2) is 54.1 Å². The predicted molar refractivity (Wildman–Crippen MR) is 132 cm³/mol. The summed E-state index contributed by atoms with van der Waals surface area (Å²) in [4.78, 5) is 27.7. The number of carbonyl (C=O) groups excluding carboxylic acids is 2. The maximum absolute atomic E-state index is 13.2. The summed E-state index contributed by atoms with van der Waals surface area (Å²) in [5.74, 6) is -0.598. The Labute approximate surface area is 202 Å². The first-order valence-electron chi connectivity index (χ1n) is 11.2. The molecule has 1 saturated heterocycles. The number of ether oxygens (including phenoxy) is 1. The molecule has 0 spiro atoms. The molecule has 0 aliphatic carbocycles. The first-order chi connectivity index (χ1) is 16.3. The lowest BCUT2D eigenvalue weighted by Gasteiger charge is -2.23. The molecule has 1 N–H and O–H groups in total. The van der Waals surface area contributed by atoms with Gasteiger partial charge in [-0.1, -0.05) is 67.1 Å². The molecular weight excluding hydrogens is 450 g/mol. The third-order valence-electron chi connectivity index (χ3n) is 5.63. The number of hydrogen-bond donors (Lipinski definition) is 1. The van der Waals surface area contributed by atoms with E-state index in [4.69, 9.17) is 4.74 Å². The Morgan fingerprint density at radius 1 is 1.12 bits per heavy atom. The number of nitrogens with zero attached hydrogens (tertiary/aromatic N) is 3. The van der Waals surface area contributed by atoms with Crippen LogP contribution >= 0.6 is 11.3 Å². The zero-order valence-corrected chi connectivity index (χ0v) is 20.4. The summed E-state index contributed by atoms with van der Waals surface area (Å²) in [6, 6.07) is 13.6. The van der Waals surface area contributed by atoms with Crippen LogP contribution in [0.5, 0.6) is 5.75 Å². The first-order valence-corrected chi connectivity index (χ1v) is 12.0. The van der Waals surface area contributed by atoms with Crippen molar-refractivity contribution in [2.75, 3.05) is 11.5 Å². The number of anilines is 1. The Morgan fingerprint density at radius 2 is 1.85 bits per heavy atom. The Bertz CT molecular complexity index is 1250. The molecule has 1 amide bonds. The largest absolute Gasteiger partial charge is 0.507 e. The van der Waals surface area contributed by atoms with Crippen LogP contribution in [0, 0.1) is 19.8 Å². The second kappa shape index (κ2) is 9.77. The monoisotopic (exact) mass is 477 g/mol. The van der Waals surface area contributed by atoms with Crippen LogP contribution < -0.4 is 9.64 Å². The zero-order chi connectivity index (χ0) is 24.4. The van der Waals surface area contributed by atoms with Gasteiger partial charge in [-0.25, -0.2) is 0 Å². The van der Waals surface area contributed by atoms with E-state index < -0.39 is 17.7 Å². The molecule has 1 fully saturated rings. The maximum Gasteiger partial charge on any atom is 0.301 e. The number of benzene rings is 2. The van der Waals surface area contributed by atoms with Crippen LogP contribution in [-0.4, -0.2) is 33.6 Å². The number of hydrogen-bond acceptors (Lipinski definition) is 7. The van der Waals surface area contributed by atoms with Crippen molar-refractivity contribution >= 4 is 33.9 Å². The summed E-state index contributed by atoms with van der Waals surface area (Å²) in [6.07, 6.45) is 0.903. The molecule has 8 heteroatoms. The van der Waals surface area contributed by atoms with Gasteiger partial charge in [-0.15, -0.1) is 10.2 Å². The SMILES string of the molecule is Cc1ccc(C(O)=C2C(=O)C(=O)N(c3nnc(C)s3)C2c2cccc(OCCC(C)C)c2)cc1. The molecule has 1 unspecified atom stereocenters. The summed E-state index contributed by atoms with van der Waals surface area (Å²) in [5, 5.41) is 20.3. The molecule has 2 aromatic carbocycles. The molecule has 0 saturated carbocycles. The van der Waals surface area contributed by atoms with Crippen molar-refractivity contribution in [1.29, 1.82) is 0 Å². The summed E-state index contributed by atoms with van der Waals surface area (Å²) in [7, 11) is 0. The van der Waals surface area contributed by atoms with Crippen molar-refractivity contribution in [3.63, 3.8) is 0 Å². The van der Waals surface area contributed by atoms with Crippen molar-refractivity contribution < 1.29 is 19.4 Å². The lowest BCUT2D eigenvalue weighted by molar-refractivity contribution is -0.132. The number of ketones is 1. The molecule has 34 heavy (non-hydrogen) atoms. The van der Waals surface area contributed by atoms with Crippen LogP contribution in [0.4, 0.5) is 5.13 Å². The third-order valence-corrected chi connectivity index (χ3v) is 6.47. The van der Waals surface area contributed by atoms with Crippen LogP contribution in [-0.2, 0) is 9.59 Å². The summed E-state index contributed by atoms with van der Waals surface area (Å²) < 4.78 is 5.92. The van der Waals surface area contributed by atoms with Gasteiger partial charge in [0.25, 0.3) is 5.78 Å². The van der Waals surface area contributed by atoms with E-state index in [2.05, 4.69) is 24.0 Å². The molecular formula is C26H27N3O4S. The molecule has 7 nitrogen and oxygen atoms in total. The normalized spacial score (nSPS) is 17.6. The van der Waals surface area contributed by atoms with E-state index in [0.717, 1.165) is 12.0 Å². The van der Waals surface area contributed by atoms with Gasteiger partial charge in [0.05, 0.1) is 18.2 Å². The van der Waals surface area contributed by atoms with Crippen LogP contribution in [0.3, 0.4) is 0 Å². The number of aromatic nitrogens is 2.